The summed E-state index contributed by atoms with van der Waals surface area (Å²) >= 11 is 0. The van der Waals surface area contributed by atoms with E-state index in [1.807, 2.05) is 12.1 Å². The SMILES string of the molecule is CCC[C@@H](CCCc1ccccc1)Cc1cccc(F)c1. The van der Waals surface area contributed by atoms with Crippen molar-refractivity contribution < 1.29 is 4.39 Å². The van der Waals surface area contributed by atoms with E-state index < -0.39 is 0 Å². The number of rotatable bonds is 8. The summed E-state index contributed by atoms with van der Waals surface area (Å²) in [6.45, 7) is 2.23. The maximum Gasteiger partial charge on any atom is 0.123 e. The van der Waals surface area contributed by atoms with Crippen LogP contribution in [0.1, 0.15) is 43.7 Å². The third-order valence-electron chi connectivity index (χ3n) is 4.03. The topological polar surface area (TPSA) is 0 Å². The molecule has 0 spiro atoms. The van der Waals surface area contributed by atoms with Crippen LogP contribution in [0.5, 0.6) is 0 Å². The molecule has 0 N–H and O–H groups in total. The summed E-state index contributed by atoms with van der Waals surface area (Å²) in [7, 11) is 0. The molecule has 0 radical (unpaired) electrons. The Morgan fingerprint density at radius 3 is 2.38 bits per heavy atom. The van der Waals surface area contributed by atoms with Gasteiger partial charge in [-0.2, -0.15) is 0 Å². The molecule has 1 atom stereocenters. The molecule has 0 aliphatic heterocycles. The average molecular weight is 284 g/mol. The molecule has 0 aliphatic carbocycles. The van der Waals surface area contributed by atoms with E-state index in [-0.39, 0.29) is 5.82 Å². The number of hydrogen-bond acceptors (Lipinski definition) is 0. The molecule has 0 unspecified atom stereocenters. The van der Waals surface area contributed by atoms with Crippen molar-refractivity contribution in [2.45, 2.75) is 45.4 Å². The third-order valence-corrected chi connectivity index (χ3v) is 4.03. The largest absolute Gasteiger partial charge is 0.207 e. The number of benzene rings is 2. The first-order chi connectivity index (χ1) is 10.3. The molecule has 0 aromatic heterocycles. The molecule has 0 bridgehead atoms. The minimum atomic E-state index is -0.118. The Morgan fingerprint density at radius 1 is 0.905 bits per heavy atom. The Hall–Kier alpha value is -1.63. The molecule has 2 rings (SSSR count). The molecular formula is C20H25F. The average Bonchev–Trinajstić information content (AvgIpc) is 2.48. The second kappa shape index (κ2) is 8.61. The van der Waals surface area contributed by atoms with Crippen LogP contribution in [0.15, 0.2) is 54.6 Å². The molecule has 1 heteroatoms. The molecule has 21 heavy (non-hydrogen) atoms. The Bertz CT molecular complexity index is 518. The van der Waals surface area contributed by atoms with Crippen molar-refractivity contribution >= 4 is 0 Å². The van der Waals surface area contributed by atoms with Gasteiger partial charge in [0.25, 0.3) is 0 Å². The minimum absolute atomic E-state index is 0.118. The minimum Gasteiger partial charge on any atom is -0.207 e. The van der Waals surface area contributed by atoms with Crippen LogP contribution in [-0.2, 0) is 12.8 Å². The lowest BCUT2D eigenvalue weighted by Gasteiger charge is -2.16. The van der Waals surface area contributed by atoms with Crippen LogP contribution >= 0.6 is 0 Å². The van der Waals surface area contributed by atoms with Gasteiger partial charge in [-0.25, -0.2) is 4.39 Å². The first kappa shape index (κ1) is 15.8. The molecule has 0 fully saturated rings. The van der Waals surface area contributed by atoms with Crippen LogP contribution in [0.25, 0.3) is 0 Å². The predicted octanol–water partition coefficient (Wildman–Crippen LogP) is 5.81. The molecule has 2 aromatic carbocycles. The van der Waals surface area contributed by atoms with Gasteiger partial charge < -0.3 is 0 Å². The van der Waals surface area contributed by atoms with Crippen molar-refractivity contribution in [3.8, 4) is 0 Å². The van der Waals surface area contributed by atoms with E-state index in [9.17, 15) is 4.39 Å². The van der Waals surface area contributed by atoms with Crippen molar-refractivity contribution in [2.24, 2.45) is 5.92 Å². The zero-order valence-corrected chi connectivity index (χ0v) is 12.9. The van der Waals surface area contributed by atoms with Crippen molar-refractivity contribution in [1.82, 2.24) is 0 Å². The van der Waals surface area contributed by atoms with Crippen LogP contribution in [0, 0.1) is 11.7 Å². The highest BCUT2D eigenvalue weighted by atomic mass is 19.1. The van der Waals surface area contributed by atoms with Crippen LogP contribution in [0.3, 0.4) is 0 Å². The van der Waals surface area contributed by atoms with Gasteiger partial charge in [0.15, 0.2) is 0 Å². The fourth-order valence-electron chi connectivity index (χ4n) is 2.99. The highest BCUT2D eigenvalue weighted by molar-refractivity contribution is 5.17. The summed E-state index contributed by atoms with van der Waals surface area (Å²) < 4.78 is 13.3. The normalized spacial score (nSPS) is 12.3. The smallest absolute Gasteiger partial charge is 0.123 e. The van der Waals surface area contributed by atoms with Gasteiger partial charge in [0, 0.05) is 0 Å². The quantitative estimate of drug-likeness (QED) is 0.574. The first-order valence-electron chi connectivity index (χ1n) is 8.06. The van der Waals surface area contributed by atoms with E-state index in [2.05, 4.69) is 37.3 Å². The second-order valence-corrected chi connectivity index (χ2v) is 5.87. The summed E-state index contributed by atoms with van der Waals surface area (Å²) in [5, 5.41) is 0. The van der Waals surface area contributed by atoms with Crippen LogP contribution in [0.4, 0.5) is 4.39 Å². The van der Waals surface area contributed by atoms with Gasteiger partial charge in [-0.1, -0.05) is 62.2 Å². The van der Waals surface area contributed by atoms with Crippen molar-refractivity contribution in [3.63, 3.8) is 0 Å². The van der Waals surface area contributed by atoms with Crippen molar-refractivity contribution in [2.75, 3.05) is 0 Å². The molecule has 2 aromatic rings. The standard InChI is InChI=1S/C20H25F/c1-2-8-18(15-19-13-7-14-20(21)16-19)12-6-11-17-9-4-3-5-10-17/h3-5,7,9-10,13-14,16,18H,2,6,8,11-12,15H2,1H3/t18-/m0/s1. The van der Waals surface area contributed by atoms with Crippen molar-refractivity contribution in [1.29, 1.82) is 0 Å². The van der Waals surface area contributed by atoms with E-state index in [0.717, 1.165) is 18.4 Å². The van der Waals surface area contributed by atoms with E-state index in [0.29, 0.717) is 5.92 Å². The van der Waals surface area contributed by atoms with Crippen LogP contribution < -0.4 is 0 Å². The first-order valence-corrected chi connectivity index (χ1v) is 8.06. The molecular weight excluding hydrogens is 259 g/mol. The van der Waals surface area contributed by atoms with Gasteiger partial charge in [0.2, 0.25) is 0 Å². The molecule has 0 amide bonds. The summed E-state index contributed by atoms with van der Waals surface area (Å²) in [4.78, 5) is 0. The van der Waals surface area contributed by atoms with Gasteiger partial charge in [-0.15, -0.1) is 0 Å². The maximum absolute atomic E-state index is 13.3. The summed E-state index contributed by atoms with van der Waals surface area (Å²) in [5.41, 5.74) is 2.55. The van der Waals surface area contributed by atoms with Gasteiger partial charge >= 0.3 is 0 Å². The summed E-state index contributed by atoms with van der Waals surface area (Å²) in [5.74, 6) is 0.549. The molecule has 0 saturated heterocycles. The van der Waals surface area contributed by atoms with Crippen molar-refractivity contribution in [3.05, 3.63) is 71.5 Å². The lowest BCUT2D eigenvalue weighted by atomic mass is 9.89. The number of aryl methyl sites for hydroxylation is 1. The van der Waals surface area contributed by atoms with E-state index in [1.165, 1.54) is 37.3 Å². The Balaban J connectivity index is 1.84. The highest BCUT2D eigenvalue weighted by Gasteiger charge is 2.09. The number of hydrogen-bond donors (Lipinski definition) is 0. The summed E-state index contributed by atoms with van der Waals surface area (Å²) in [6, 6.07) is 17.7. The monoisotopic (exact) mass is 284 g/mol. The lowest BCUT2D eigenvalue weighted by molar-refractivity contribution is 0.429. The Labute approximate surface area is 128 Å². The molecule has 112 valence electrons. The van der Waals surface area contributed by atoms with Gasteiger partial charge in [0.05, 0.1) is 0 Å². The van der Waals surface area contributed by atoms with Gasteiger partial charge in [-0.3, -0.25) is 0 Å². The molecule has 0 saturated carbocycles. The Morgan fingerprint density at radius 2 is 1.67 bits per heavy atom. The summed E-state index contributed by atoms with van der Waals surface area (Å²) in [6.07, 6.45) is 7.00. The fraction of sp³-hybridized carbons (Fsp3) is 0.400. The second-order valence-electron chi connectivity index (χ2n) is 5.87. The van der Waals surface area contributed by atoms with E-state index >= 15 is 0 Å². The van der Waals surface area contributed by atoms with Crippen LogP contribution in [0.2, 0.25) is 0 Å². The zero-order valence-electron chi connectivity index (χ0n) is 12.9. The van der Waals surface area contributed by atoms with E-state index in [1.54, 1.807) is 6.07 Å². The Kier molecular flexibility index (Phi) is 6.46. The fourth-order valence-corrected chi connectivity index (χ4v) is 2.99. The third kappa shape index (κ3) is 5.71. The maximum atomic E-state index is 13.3. The number of halogens is 1. The molecule has 0 heterocycles. The van der Waals surface area contributed by atoms with Gasteiger partial charge in [-0.05, 0) is 54.9 Å². The molecule has 0 aliphatic rings. The molecule has 0 nitrogen and oxygen atoms in total. The lowest BCUT2D eigenvalue weighted by Crippen LogP contribution is -2.05. The highest BCUT2D eigenvalue weighted by Crippen LogP contribution is 2.21. The predicted molar refractivity (Wildman–Crippen MR) is 87.9 cm³/mol. The van der Waals surface area contributed by atoms with Gasteiger partial charge in [0.1, 0.15) is 5.82 Å². The van der Waals surface area contributed by atoms with E-state index in [4.69, 9.17) is 0 Å². The van der Waals surface area contributed by atoms with Crippen LogP contribution in [-0.4, -0.2) is 0 Å². The zero-order chi connectivity index (χ0) is 14.9.